The molecule has 0 saturated heterocycles. The van der Waals surface area contributed by atoms with Crippen LogP contribution in [0.4, 0.5) is 0 Å². The molecule has 0 spiro atoms. The fraction of sp³-hybridized carbons (Fsp3) is 0.818. The Morgan fingerprint density at radius 1 is 1.31 bits per heavy atom. The fourth-order valence-electron chi connectivity index (χ4n) is 1.29. The molecule has 0 amide bonds. The second-order valence-corrected chi connectivity index (χ2v) is 3.25. The van der Waals surface area contributed by atoms with Crippen LogP contribution in [0.2, 0.25) is 0 Å². The molecule has 0 fully saturated rings. The minimum Gasteiger partial charge on any atom is -0.394 e. The van der Waals surface area contributed by atoms with Gasteiger partial charge in [-0.15, -0.1) is 11.8 Å². The molecule has 0 aliphatic heterocycles. The Hall–Kier alpha value is -0.520. The summed E-state index contributed by atoms with van der Waals surface area (Å²) in [6.07, 6.45) is 2.78. The van der Waals surface area contributed by atoms with Crippen molar-refractivity contribution < 1.29 is 5.11 Å². The molecule has 0 heterocycles. The van der Waals surface area contributed by atoms with Crippen LogP contribution < -0.4 is 5.32 Å². The summed E-state index contributed by atoms with van der Waals surface area (Å²) in [5.74, 6) is 5.85. The van der Waals surface area contributed by atoms with Crippen molar-refractivity contribution in [1.82, 2.24) is 5.32 Å². The number of aliphatic hydroxyl groups is 1. The van der Waals surface area contributed by atoms with Crippen molar-refractivity contribution in [1.29, 1.82) is 0 Å². The van der Waals surface area contributed by atoms with E-state index in [1.807, 2.05) is 6.92 Å². The van der Waals surface area contributed by atoms with Gasteiger partial charge in [0.05, 0.1) is 6.61 Å². The summed E-state index contributed by atoms with van der Waals surface area (Å²) in [4.78, 5) is 0. The standard InChI is InChI=1S/C11H21NO/c1-4-7-8-9-12-11(5-2,6-3)10-13/h12-13H,5-6,8-10H2,1-3H3. The monoisotopic (exact) mass is 183 g/mol. The van der Waals surface area contributed by atoms with E-state index in [-0.39, 0.29) is 12.1 Å². The molecule has 0 bridgehead atoms. The predicted molar refractivity (Wildman–Crippen MR) is 56.5 cm³/mol. The SMILES string of the molecule is CC#CCCNC(CC)(CC)CO. The average molecular weight is 183 g/mol. The maximum absolute atomic E-state index is 9.23. The van der Waals surface area contributed by atoms with Gasteiger partial charge in [0.2, 0.25) is 0 Å². The molecule has 2 heteroatoms. The molecule has 76 valence electrons. The Morgan fingerprint density at radius 3 is 2.31 bits per heavy atom. The number of rotatable bonds is 6. The number of aliphatic hydroxyl groups excluding tert-OH is 1. The molecule has 0 unspecified atom stereocenters. The highest BCUT2D eigenvalue weighted by Gasteiger charge is 2.23. The molecule has 2 nitrogen and oxygen atoms in total. The average Bonchev–Trinajstić information content (AvgIpc) is 2.20. The normalized spacial score (nSPS) is 10.8. The second-order valence-electron chi connectivity index (χ2n) is 3.25. The van der Waals surface area contributed by atoms with Crippen LogP contribution in [-0.4, -0.2) is 23.8 Å². The summed E-state index contributed by atoms with van der Waals surface area (Å²) in [6.45, 7) is 7.11. The van der Waals surface area contributed by atoms with Crippen LogP contribution in [0.25, 0.3) is 0 Å². The van der Waals surface area contributed by atoms with Gasteiger partial charge in [-0.05, 0) is 19.8 Å². The minimum absolute atomic E-state index is 0.0879. The molecule has 0 aromatic carbocycles. The Morgan fingerprint density at radius 2 is 1.92 bits per heavy atom. The van der Waals surface area contributed by atoms with Crippen molar-refractivity contribution >= 4 is 0 Å². The molecule has 13 heavy (non-hydrogen) atoms. The highest BCUT2D eigenvalue weighted by molar-refractivity contribution is 4.96. The summed E-state index contributed by atoms with van der Waals surface area (Å²) in [7, 11) is 0. The van der Waals surface area contributed by atoms with E-state index in [0.29, 0.717) is 0 Å². The summed E-state index contributed by atoms with van der Waals surface area (Å²) in [5, 5.41) is 12.6. The largest absolute Gasteiger partial charge is 0.394 e. The smallest absolute Gasteiger partial charge is 0.0613 e. The van der Waals surface area contributed by atoms with Crippen molar-refractivity contribution in [2.75, 3.05) is 13.2 Å². The summed E-state index contributed by atoms with van der Waals surface area (Å²) >= 11 is 0. The molecule has 0 aliphatic rings. The molecule has 0 aromatic heterocycles. The van der Waals surface area contributed by atoms with E-state index in [4.69, 9.17) is 0 Å². The van der Waals surface area contributed by atoms with E-state index in [0.717, 1.165) is 25.8 Å². The Bertz CT molecular complexity index is 166. The van der Waals surface area contributed by atoms with Gasteiger partial charge in [0, 0.05) is 18.5 Å². The summed E-state index contributed by atoms with van der Waals surface area (Å²) in [5.41, 5.74) is -0.0879. The van der Waals surface area contributed by atoms with E-state index in [1.165, 1.54) is 0 Å². The first kappa shape index (κ1) is 12.5. The molecular formula is C11H21NO. The van der Waals surface area contributed by atoms with Crippen molar-refractivity contribution in [3.05, 3.63) is 0 Å². The van der Waals surface area contributed by atoms with Gasteiger partial charge in [0.25, 0.3) is 0 Å². The highest BCUT2D eigenvalue weighted by atomic mass is 16.3. The van der Waals surface area contributed by atoms with Gasteiger partial charge in [0.15, 0.2) is 0 Å². The molecule has 0 radical (unpaired) electrons. The van der Waals surface area contributed by atoms with Crippen LogP contribution in [-0.2, 0) is 0 Å². The lowest BCUT2D eigenvalue weighted by Gasteiger charge is -2.30. The first-order chi connectivity index (χ1) is 6.24. The molecule has 0 aliphatic carbocycles. The lowest BCUT2D eigenvalue weighted by atomic mass is 9.94. The van der Waals surface area contributed by atoms with Crippen LogP contribution in [0.1, 0.15) is 40.0 Å². The molecule has 0 atom stereocenters. The van der Waals surface area contributed by atoms with E-state index in [9.17, 15) is 5.11 Å². The number of hydrogen-bond acceptors (Lipinski definition) is 2. The predicted octanol–water partition coefficient (Wildman–Crippen LogP) is 1.54. The highest BCUT2D eigenvalue weighted by Crippen LogP contribution is 2.13. The Kier molecular flexibility index (Phi) is 6.66. The summed E-state index contributed by atoms with van der Waals surface area (Å²) in [6, 6.07) is 0. The topological polar surface area (TPSA) is 32.3 Å². The van der Waals surface area contributed by atoms with E-state index >= 15 is 0 Å². The van der Waals surface area contributed by atoms with Crippen LogP contribution in [0.3, 0.4) is 0 Å². The Balaban J connectivity index is 3.85. The van der Waals surface area contributed by atoms with E-state index in [2.05, 4.69) is 31.0 Å². The summed E-state index contributed by atoms with van der Waals surface area (Å²) < 4.78 is 0. The van der Waals surface area contributed by atoms with Gasteiger partial charge < -0.3 is 10.4 Å². The lowest BCUT2D eigenvalue weighted by Crippen LogP contribution is -2.47. The minimum atomic E-state index is -0.0879. The number of hydrogen-bond donors (Lipinski definition) is 2. The molecule has 0 saturated carbocycles. The van der Waals surface area contributed by atoms with Gasteiger partial charge in [0.1, 0.15) is 0 Å². The maximum Gasteiger partial charge on any atom is 0.0613 e. The van der Waals surface area contributed by atoms with Crippen molar-refractivity contribution in [3.8, 4) is 11.8 Å². The van der Waals surface area contributed by atoms with Crippen LogP contribution >= 0.6 is 0 Å². The molecule has 0 rings (SSSR count). The van der Waals surface area contributed by atoms with Gasteiger partial charge >= 0.3 is 0 Å². The van der Waals surface area contributed by atoms with Crippen LogP contribution in [0, 0.1) is 11.8 Å². The van der Waals surface area contributed by atoms with Gasteiger partial charge in [-0.25, -0.2) is 0 Å². The quantitative estimate of drug-likeness (QED) is 0.483. The van der Waals surface area contributed by atoms with Gasteiger partial charge in [-0.1, -0.05) is 13.8 Å². The third kappa shape index (κ3) is 4.31. The van der Waals surface area contributed by atoms with Crippen LogP contribution in [0.5, 0.6) is 0 Å². The van der Waals surface area contributed by atoms with Crippen LogP contribution in [0.15, 0.2) is 0 Å². The van der Waals surface area contributed by atoms with Crippen molar-refractivity contribution in [3.63, 3.8) is 0 Å². The number of nitrogens with one attached hydrogen (secondary N) is 1. The van der Waals surface area contributed by atoms with Crippen molar-refractivity contribution in [2.45, 2.75) is 45.6 Å². The molecule has 0 aromatic rings. The first-order valence-corrected chi connectivity index (χ1v) is 5.00. The first-order valence-electron chi connectivity index (χ1n) is 5.00. The maximum atomic E-state index is 9.23. The Labute approximate surface area is 81.7 Å². The van der Waals surface area contributed by atoms with Gasteiger partial charge in [-0.2, -0.15) is 0 Å². The van der Waals surface area contributed by atoms with Crippen molar-refractivity contribution in [2.24, 2.45) is 0 Å². The third-order valence-electron chi connectivity index (χ3n) is 2.58. The third-order valence-corrected chi connectivity index (χ3v) is 2.58. The second kappa shape index (κ2) is 6.94. The van der Waals surface area contributed by atoms with E-state index < -0.39 is 0 Å². The lowest BCUT2D eigenvalue weighted by molar-refractivity contribution is 0.152. The zero-order chi connectivity index (χ0) is 10.2. The molecular weight excluding hydrogens is 162 g/mol. The zero-order valence-corrected chi connectivity index (χ0v) is 8.98. The van der Waals surface area contributed by atoms with Gasteiger partial charge in [-0.3, -0.25) is 0 Å². The molecule has 2 N–H and O–H groups in total. The zero-order valence-electron chi connectivity index (χ0n) is 8.98. The fourth-order valence-corrected chi connectivity index (χ4v) is 1.29. The van der Waals surface area contributed by atoms with E-state index in [1.54, 1.807) is 0 Å².